The van der Waals surface area contributed by atoms with Crippen LogP contribution in [0.1, 0.15) is 33.2 Å². The molecule has 1 aromatic heterocycles. The van der Waals surface area contributed by atoms with Crippen LogP contribution in [0.15, 0.2) is 54.7 Å². The molecule has 1 unspecified atom stereocenters. The number of hydrogen-bond donors (Lipinski definition) is 1. The molecule has 0 radical (unpaired) electrons. The number of aromatic nitrogens is 1. The third-order valence-corrected chi connectivity index (χ3v) is 4.40. The lowest BCUT2D eigenvalue weighted by atomic mass is 10.0. The number of nitrogens with one attached hydrogen (secondary N) is 1. The standard InChI is InChI=1S/C20H11Cl2F2N3O/c21-14-5-3-11(4-6-14)18(19-17(24)8-15(22)10-26-19)27-20(28)12-1-2-13(9-25)16(23)7-12/h1-8,10,18H,(H,27,28). The highest BCUT2D eigenvalue weighted by molar-refractivity contribution is 6.30. The molecule has 0 aliphatic heterocycles. The van der Waals surface area contributed by atoms with E-state index in [-0.39, 0.29) is 21.8 Å². The average Bonchev–Trinajstić information content (AvgIpc) is 2.67. The first-order valence-corrected chi connectivity index (χ1v) is 8.71. The molecule has 0 saturated heterocycles. The van der Waals surface area contributed by atoms with Crippen LogP contribution in [0.25, 0.3) is 0 Å². The van der Waals surface area contributed by atoms with Crippen LogP contribution in [0.4, 0.5) is 8.78 Å². The molecule has 140 valence electrons. The molecule has 4 nitrogen and oxygen atoms in total. The van der Waals surface area contributed by atoms with Crippen molar-refractivity contribution in [1.82, 2.24) is 10.3 Å². The number of rotatable bonds is 4. The molecule has 0 saturated carbocycles. The Morgan fingerprint density at radius 2 is 1.75 bits per heavy atom. The van der Waals surface area contributed by atoms with E-state index in [1.165, 1.54) is 18.3 Å². The Morgan fingerprint density at radius 1 is 1.04 bits per heavy atom. The Kier molecular flexibility index (Phi) is 5.88. The molecule has 3 rings (SSSR count). The predicted octanol–water partition coefficient (Wildman–Crippen LogP) is 5.06. The highest BCUT2D eigenvalue weighted by Crippen LogP contribution is 2.26. The lowest BCUT2D eigenvalue weighted by Gasteiger charge is -2.20. The fraction of sp³-hybridized carbons (Fsp3) is 0.0500. The second kappa shape index (κ2) is 8.34. The van der Waals surface area contributed by atoms with Crippen molar-refractivity contribution in [2.45, 2.75) is 6.04 Å². The first kappa shape index (κ1) is 19.7. The minimum absolute atomic E-state index is 0.0233. The Bertz CT molecular complexity index is 1080. The molecule has 8 heteroatoms. The number of benzene rings is 2. The van der Waals surface area contributed by atoms with Gasteiger partial charge in [-0.1, -0.05) is 35.3 Å². The van der Waals surface area contributed by atoms with Gasteiger partial charge in [0, 0.05) is 16.8 Å². The van der Waals surface area contributed by atoms with Crippen molar-refractivity contribution in [2.24, 2.45) is 0 Å². The summed E-state index contributed by atoms with van der Waals surface area (Å²) < 4.78 is 28.3. The molecule has 1 amide bonds. The maximum Gasteiger partial charge on any atom is 0.252 e. The molecular weight excluding hydrogens is 407 g/mol. The molecule has 28 heavy (non-hydrogen) atoms. The number of hydrogen-bond acceptors (Lipinski definition) is 3. The molecule has 3 aromatic rings. The van der Waals surface area contributed by atoms with Crippen LogP contribution in [0, 0.1) is 23.0 Å². The summed E-state index contributed by atoms with van der Waals surface area (Å²) in [5, 5.41) is 12.0. The van der Waals surface area contributed by atoms with Crippen molar-refractivity contribution in [3.63, 3.8) is 0 Å². The van der Waals surface area contributed by atoms with Gasteiger partial charge in [0.25, 0.3) is 5.91 Å². The first-order valence-electron chi connectivity index (χ1n) is 7.96. The van der Waals surface area contributed by atoms with Crippen LogP contribution < -0.4 is 5.32 Å². The first-order chi connectivity index (χ1) is 13.4. The number of pyridine rings is 1. The van der Waals surface area contributed by atoms with Crippen molar-refractivity contribution >= 4 is 29.1 Å². The maximum atomic E-state index is 14.5. The molecule has 1 heterocycles. The van der Waals surface area contributed by atoms with E-state index in [2.05, 4.69) is 10.3 Å². The van der Waals surface area contributed by atoms with Crippen LogP contribution in [0.2, 0.25) is 10.0 Å². The topological polar surface area (TPSA) is 65.8 Å². The van der Waals surface area contributed by atoms with Gasteiger partial charge in [-0.3, -0.25) is 9.78 Å². The van der Waals surface area contributed by atoms with Gasteiger partial charge in [0.05, 0.1) is 16.6 Å². The van der Waals surface area contributed by atoms with E-state index >= 15 is 0 Å². The third-order valence-electron chi connectivity index (χ3n) is 3.94. The quantitative estimate of drug-likeness (QED) is 0.645. The zero-order chi connectivity index (χ0) is 20.3. The van der Waals surface area contributed by atoms with Crippen LogP contribution in [-0.4, -0.2) is 10.9 Å². The van der Waals surface area contributed by atoms with Crippen LogP contribution in [0.5, 0.6) is 0 Å². The second-order valence-electron chi connectivity index (χ2n) is 5.79. The Morgan fingerprint density at radius 3 is 2.36 bits per heavy atom. The van der Waals surface area contributed by atoms with Crippen molar-refractivity contribution in [2.75, 3.05) is 0 Å². The lowest BCUT2D eigenvalue weighted by Crippen LogP contribution is -2.30. The summed E-state index contributed by atoms with van der Waals surface area (Å²) in [6, 6.07) is 11.6. The highest BCUT2D eigenvalue weighted by Gasteiger charge is 2.23. The summed E-state index contributed by atoms with van der Waals surface area (Å²) in [7, 11) is 0. The van der Waals surface area contributed by atoms with Crippen LogP contribution in [-0.2, 0) is 0 Å². The van der Waals surface area contributed by atoms with Gasteiger partial charge in [-0.25, -0.2) is 8.78 Å². The van der Waals surface area contributed by atoms with Crippen LogP contribution in [0.3, 0.4) is 0 Å². The van der Waals surface area contributed by atoms with E-state index in [1.807, 2.05) is 0 Å². The predicted molar refractivity (Wildman–Crippen MR) is 101 cm³/mol. The molecule has 1 N–H and O–H groups in total. The van der Waals surface area contributed by atoms with E-state index in [4.69, 9.17) is 28.5 Å². The number of carbonyl (C=O) groups is 1. The largest absolute Gasteiger partial charge is 0.339 e. The zero-order valence-corrected chi connectivity index (χ0v) is 15.6. The smallest absolute Gasteiger partial charge is 0.252 e. The van der Waals surface area contributed by atoms with Gasteiger partial charge in [0.1, 0.15) is 23.4 Å². The van der Waals surface area contributed by atoms with E-state index < -0.39 is 23.6 Å². The lowest BCUT2D eigenvalue weighted by molar-refractivity contribution is 0.0941. The molecule has 0 bridgehead atoms. The minimum Gasteiger partial charge on any atom is -0.339 e. The SMILES string of the molecule is N#Cc1ccc(C(=O)NC(c2ccc(Cl)cc2)c2ncc(Cl)cc2F)cc1F. The van der Waals surface area contributed by atoms with Crippen molar-refractivity contribution in [3.05, 3.63) is 98.8 Å². The van der Waals surface area contributed by atoms with E-state index in [1.54, 1.807) is 30.3 Å². The third kappa shape index (κ3) is 4.28. The molecule has 0 fully saturated rings. The summed E-state index contributed by atoms with van der Waals surface area (Å²) in [6.45, 7) is 0. The van der Waals surface area contributed by atoms with Crippen molar-refractivity contribution in [3.8, 4) is 6.07 Å². The number of halogens is 4. The monoisotopic (exact) mass is 417 g/mol. The summed E-state index contributed by atoms with van der Waals surface area (Å²) in [4.78, 5) is 16.6. The van der Waals surface area contributed by atoms with Gasteiger partial charge in [0.15, 0.2) is 0 Å². The summed E-state index contributed by atoms with van der Waals surface area (Å²) in [6.07, 6.45) is 1.26. The molecule has 0 aliphatic rings. The highest BCUT2D eigenvalue weighted by atomic mass is 35.5. The fourth-order valence-corrected chi connectivity index (χ4v) is 2.83. The van der Waals surface area contributed by atoms with Crippen molar-refractivity contribution in [1.29, 1.82) is 5.26 Å². The number of amides is 1. The fourth-order valence-electron chi connectivity index (χ4n) is 2.56. The Hall–Kier alpha value is -3.01. The van der Waals surface area contributed by atoms with Gasteiger partial charge >= 0.3 is 0 Å². The Balaban J connectivity index is 1.99. The summed E-state index contributed by atoms with van der Waals surface area (Å²) >= 11 is 11.7. The van der Waals surface area contributed by atoms with Crippen LogP contribution >= 0.6 is 23.2 Å². The van der Waals surface area contributed by atoms with E-state index in [0.29, 0.717) is 10.6 Å². The van der Waals surface area contributed by atoms with Gasteiger partial charge in [0.2, 0.25) is 0 Å². The van der Waals surface area contributed by atoms with Gasteiger partial charge in [-0.15, -0.1) is 0 Å². The normalized spacial score (nSPS) is 11.5. The summed E-state index contributed by atoms with van der Waals surface area (Å²) in [5.41, 5.74) is 0.246. The Labute approximate surface area is 169 Å². The molecule has 0 spiro atoms. The summed E-state index contributed by atoms with van der Waals surface area (Å²) in [5.74, 6) is -2.20. The molecule has 1 atom stereocenters. The molecule has 2 aromatic carbocycles. The van der Waals surface area contributed by atoms with Gasteiger partial charge in [-0.05, 0) is 42.0 Å². The minimum atomic E-state index is -0.972. The van der Waals surface area contributed by atoms with E-state index in [0.717, 1.165) is 12.1 Å². The number of nitriles is 1. The van der Waals surface area contributed by atoms with Gasteiger partial charge < -0.3 is 5.32 Å². The van der Waals surface area contributed by atoms with Gasteiger partial charge in [-0.2, -0.15) is 5.26 Å². The molecular formula is C20H11Cl2F2N3O. The zero-order valence-electron chi connectivity index (χ0n) is 14.1. The molecule has 0 aliphatic carbocycles. The second-order valence-corrected chi connectivity index (χ2v) is 6.66. The maximum absolute atomic E-state index is 14.5. The number of carbonyl (C=O) groups excluding carboxylic acids is 1. The average molecular weight is 418 g/mol. The number of nitrogens with zero attached hydrogens (tertiary/aromatic N) is 2. The van der Waals surface area contributed by atoms with E-state index in [9.17, 15) is 13.6 Å². The van der Waals surface area contributed by atoms with Crippen molar-refractivity contribution < 1.29 is 13.6 Å².